The zero-order valence-electron chi connectivity index (χ0n) is 17.8. The maximum atomic E-state index is 12.8. The molecule has 1 aromatic heterocycles. The van der Waals surface area contributed by atoms with Crippen LogP contribution in [0, 0.1) is 17.0 Å². The van der Waals surface area contributed by atoms with Crippen LogP contribution in [0.4, 0.5) is 10.7 Å². The van der Waals surface area contributed by atoms with Gasteiger partial charge in [0.1, 0.15) is 10.6 Å². The average molecular weight is 456 g/mol. The Balaban J connectivity index is 1.99. The lowest BCUT2D eigenvalue weighted by Gasteiger charge is -2.11. The van der Waals surface area contributed by atoms with E-state index in [1.807, 2.05) is 0 Å². The topological polar surface area (TPSA) is 117 Å². The second kappa shape index (κ2) is 9.48. The van der Waals surface area contributed by atoms with Crippen LogP contribution in [0.3, 0.4) is 0 Å². The number of benzene rings is 2. The summed E-state index contributed by atoms with van der Waals surface area (Å²) in [7, 11) is 4.29. The van der Waals surface area contributed by atoms with Gasteiger partial charge in [-0.15, -0.1) is 11.3 Å². The highest BCUT2D eigenvalue weighted by molar-refractivity contribution is 7.15. The summed E-state index contributed by atoms with van der Waals surface area (Å²) in [6.07, 6.45) is 0. The molecule has 9 nitrogen and oxygen atoms in total. The SMILES string of the molecule is COC(=O)c1c(-c2ccc(OC)c(OC)c2)csc1NC(=O)c1ccc([N+](=O)[O-])c(C)c1. The minimum Gasteiger partial charge on any atom is -0.493 e. The minimum atomic E-state index is -0.619. The highest BCUT2D eigenvalue weighted by Gasteiger charge is 2.24. The van der Waals surface area contributed by atoms with Gasteiger partial charge in [-0.3, -0.25) is 14.9 Å². The van der Waals surface area contributed by atoms with Crippen LogP contribution in [0.1, 0.15) is 26.3 Å². The number of hydrogen-bond donors (Lipinski definition) is 1. The van der Waals surface area contributed by atoms with Crippen LogP contribution in [0.2, 0.25) is 0 Å². The molecule has 0 aliphatic heterocycles. The van der Waals surface area contributed by atoms with E-state index in [9.17, 15) is 19.7 Å². The molecule has 0 radical (unpaired) electrons. The summed E-state index contributed by atoms with van der Waals surface area (Å²) in [4.78, 5) is 35.8. The van der Waals surface area contributed by atoms with Crippen molar-refractivity contribution in [1.29, 1.82) is 0 Å². The van der Waals surface area contributed by atoms with E-state index in [0.29, 0.717) is 33.2 Å². The first-order valence-corrected chi connectivity index (χ1v) is 10.2. The summed E-state index contributed by atoms with van der Waals surface area (Å²) >= 11 is 1.16. The molecule has 0 aliphatic carbocycles. The Morgan fingerprint density at radius 1 is 1.03 bits per heavy atom. The molecule has 32 heavy (non-hydrogen) atoms. The largest absolute Gasteiger partial charge is 0.493 e. The molecular formula is C22H20N2O7S. The van der Waals surface area contributed by atoms with Crippen LogP contribution >= 0.6 is 11.3 Å². The van der Waals surface area contributed by atoms with Crippen molar-refractivity contribution in [1.82, 2.24) is 0 Å². The number of nitrogens with zero attached hydrogens (tertiary/aromatic N) is 1. The Labute approximate surface area is 187 Å². The number of nitrogens with one attached hydrogen (secondary N) is 1. The summed E-state index contributed by atoms with van der Waals surface area (Å²) in [5, 5.41) is 15.7. The van der Waals surface area contributed by atoms with Gasteiger partial charge in [-0.25, -0.2) is 4.79 Å². The van der Waals surface area contributed by atoms with Gasteiger partial charge in [0.15, 0.2) is 11.5 Å². The number of aryl methyl sites for hydroxylation is 1. The van der Waals surface area contributed by atoms with Crippen molar-refractivity contribution >= 4 is 33.9 Å². The van der Waals surface area contributed by atoms with Crippen LogP contribution in [-0.2, 0) is 4.74 Å². The van der Waals surface area contributed by atoms with Gasteiger partial charge in [0.05, 0.1) is 26.3 Å². The third-order valence-corrected chi connectivity index (χ3v) is 5.65. The van der Waals surface area contributed by atoms with E-state index in [1.54, 1.807) is 30.5 Å². The zero-order chi connectivity index (χ0) is 23.4. The van der Waals surface area contributed by atoms with E-state index in [0.717, 1.165) is 11.3 Å². The normalized spacial score (nSPS) is 10.4. The number of methoxy groups -OCH3 is 3. The molecule has 3 aromatic rings. The highest BCUT2D eigenvalue weighted by atomic mass is 32.1. The number of amides is 1. The zero-order valence-corrected chi connectivity index (χ0v) is 18.6. The molecule has 0 atom stereocenters. The highest BCUT2D eigenvalue weighted by Crippen LogP contribution is 2.39. The van der Waals surface area contributed by atoms with E-state index in [1.165, 1.54) is 39.5 Å². The maximum absolute atomic E-state index is 12.8. The van der Waals surface area contributed by atoms with Crippen molar-refractivity contribution in [2.24, 2.45) is 0 Å². The van der Waals surface area contributed by atoms with Gasteiger partial charge < -0.3 is 19.5 Å². The first kappa shape index (κ1) is 22.8. The third-order valence-electron chi connectivity index (χ3n) is 4.76. The molecule has 1 amide bonds. The van der Waals surface area contributed by atoms with Crippen LogP contribution < -0.4 is 14.8 Å². The van der Waals surface area contributed by atoms with Crippen LogP contribution in [0.5, 0.6) is 11.5 Å². The van der Waals surface area contributed by atoms with E-state index in [-0.39, 0.29) is 16.8 Å². The summed E-state index contributed by atoms with van der Waals surface area (Å²) in [5.74, 6) is -0.104. The second-order valence-corrected chi connectivity index (χ2v) is 7.51. The Morgan fingerprint density at radius 3 is 2.34 bits per heavy atom. The lowest BCUT2D eigenvalue weighted by Crippen LogP contribution is -2.14. The van der Waals surface area contributed by atoms with Gasteiger partial charge in [-0.1, -0.05) is 6.07 Å². The van der Waals surface area contributed by atoms with Gasteiger partial charge in [0.2, 0.25) is 0 Å². The number of anilines is 1. The van der Waals surface area contributed by atoms with Gasteiger partial charge >= 0.3 is 5.97 Å². The molecule has 10 heteroatoms. The van der Waals surface area contributed by atoms with Crippen LogP contribution in [-0.4, -0.2) is 38.1 Å². The van der Waals surface area contributed by atoms with Crippen molar-refractivity contribution in [2.45, 2.75) is 6.92 Å². The molecule has 1 heterocycles. The van der Waals surface area contributed by atoms with Crippen molar-refractivity contribution < 1.29 is 28.7 Å². The van der Waals surface area contributed by atoms with E-state index < -0.39 is 16.8 Å². The molecule has 0 unspecified atom stereocenters. The van der Waals surface area contributed by atoms with Crippen LogP contribution in [0.15, 0.2) is 41.8 Å². The molecule has 166 valence electrons. The Hall–Kier alpha value is -3.92. The number of carbonyl (C=O) groups is 2. The molecule has 0 saturated heterocycles. The number of nitro groups is 1. The smallest absolute Gasteiger partial charge is 0.341 e. The van der Waals surface area contributed by atoms with Gasteiger partial charge in [-0.2, -0.15) is 0 Å². The fourth-order valence-electron chi connectivity index (χ4n) is 3.15. The lowest BCUT2D eigenvalue weighted by atomic mass is 10.0. The van der Waals surface area contributed by atoms with Gasteiger partial charge in [-0.05, 0) is 36.8 Å². The molecule has 0 aliphatic rings. The van der Waals surface area contributed by atoms with Crippen molar-refractivity contribution in [3.05, 3.63) is 68.6 Å². The number of esters is 1. The number of thiophene rings is 1. The molecule has 0 spiro atoms. The number of hydrogen-bond acceptors (Lipinski definition) is 8. The minimum absolute atomic E-state index is 0.0799. The van der Waals surface area contributed by atoms with Crippen molar-refractivity contribution in [3.8, 4) is 22.6 Å². The van der Waals surface area contributed by atoms with E-state index in [2.05, 4.69) is 5.32 Å². The molecular weight excluding hydrogens is 436 g/mol. The maximum Gasteiger partial charge on any atom is 0.341 e. The number of carbonyl (C=O) groups excluding carboxylic acids is 2. The Morgan fingerprint density at radius 2 is 1.75 bits per heavy atom. The number of ether oxygens (including phenoxy) is 3. The Bertz CT molecular complexity index is 1200. The molecule has 3 rings (SSSR count). The monoisotopic (exact) mass is 456 g/mol. The lowest BCUT2D eigenvalue weighted by molar-refractivity contribution is -0.385. The predicted octanol–water partition coefficient (Wildman–Crippen LogP) is 4.69. The summed E-state index contributed by atoms with van der Waals surface area (Å²) in [6.45, 7) is 1.55. The first-order chi connectivity index (χ1) is 15.3. The number of nitro benzene ring substituents is 1. The summed E-state index contributed by atoms with van der Waals surface area (Å²) in [5.41, 5.74) is 1.92. The molecule has 0 bridgehead atoms. The summed E-state index contributed by atoms with van der Waals surface area (Å²) in [6, 6.07) is 9.26. The van der Waals surface area contributed by atoms with E-state index >= 15 is 0 Å². The quantitative estimate of drug-likeness (QED) is 0.311. The molecule has 0 fully saturated rings. The van der Waals surface area contributed by atoms with Gasteiger partial charge in [0.25, 0.3) is 11.6 Å². The van der Waals surface area contributed by atoms with Gasteiger partial charge in [0, 0.05) is 28.1 Å². The van der Waals surface area contributed by atoms with Crippen molar-refractivity contribution in [3.63, 3.8) is 0 Å². The number of rotatable bonds is 7. The fourth-order valence-corrected chi connectivity index (χ4v) is 4.10. The standard InChI is InChI=1S/C22H20N2O7S/c1-12-9-14(5-7-16(12)24(27)28)20(25)23-21-19(22(26)31-4)15(11-32-21)13-6-8-17(29-2)18(10-13)30-3/h5-11H,1-4H3,(H,23,25). The van der Waals surface area contributed by atoms with E-state index in [4.69, 9.17) is 14.2 Å². The second-order valence-electron chi connectivity index (χ2n) is 6.63. The molecule has 2 aromatic carbocycles. The Kier molecular flexibility index (Phi) is 6.74. The first-order valence-electron chi connectivity index (χ1n) is 9.29. The average Bonchev–Trinajstić information content (AvgIpc) is 3.20. The van der Waals surface area contributed by atoms with Crippen LogP contribution in [0.25, 0.3) is 11.1 Å². The fraction of sp³-hybridized carbons (Fsp3) is 0.182. The molecule has 0 saturated carbocycles. The predicted molar refractivity (Wildman–Crippen MR) is 120 cm³/mol. The molecule has 1 N–H and O–H groups in total. The van der Waals surface area contributed by atoms with Crippen molar-refractivity contribution in [2.75, 3.05) is 26.6 Å². The third kappa shape index (κ3) is 4.40. The summed E-state index contributed by atoms with van der Waals surface area (Å²) < 4.78 is 15.5.